The van der Waals surface area contributed by atoms with Gasteiger partial charge in [-0.25, -0.2) is 4.39 Å². The minimum atomic E-state index is -0.653. The number of nitrogens with zero attached hydrogens (tertiary/aromatic N) is 2. The monoisotopic (exact) mass is 236 g/mol. The summed E-state index contributed by atoms with van der Waals surface area (Å²) < 4.78 is 12.9. The maximum absolute atomic E-state index is 12.9. The Hall–Kier alpha value is -1.44. The molecule has 1 atom stereocenters. The zero-order valence-electron chi connectivity index (χ0n) is 10.2. The molecule has 0 saturated heterocycles. The van der Waals surface area contributed by atoms with E-state index >= 15 is 0 Å². The van der Waals surface area contributed by atoms with Crippen LogP contribution in [0.15, 0.2) is 18.2 Å². The van der Waals surface area contributed by atoms with E-state index in [1.165, 1.54) is 12.1 Å². The molecule has 0 aliphatic carbocycles. The molecule has 0 aliphatic heterocycles. The molecule has 0 saturated carbocycles. The van der Waals surface area contributed by atoms with Gasteiger partial charge in [-0.2, -0.15) is 5.26 Å². The number of aryl methyl sites for hydroxylation is 1. The smallest absolute Gasteiger partial charge is 0.123 e. The molecule has 1 aromatic carbocycles. The van der Waals surface area contributed by atoms with Gasteiger partial charge in [-0.3, -0.25) is 0 Å². The molecule has 92 valence electrons. The van der Waals surface area contributed by atoms with Crippen molar-refractivity contribution in [3.8, 4) is 6.07 Å². The SMILES string of the molecule is Cc1cc(F)ccc1C(O)CN(C)CCC#N. The maximum atomic E-state index is 12.9. The molecular formula is C13H17FN2O. The van der Waals surface area contributed by atoms with E-state index < -0.39 is 6.10 Å². The number of hydrogen-bond acceptors (Lipinski definition) is 3. The average molecular weight is 236 g/mol. The molecule has 3 nitrogen and oxygen atoms in total. The number of halogens is 1. The molecule has 1 aromatic rings. The van der Waals surface area contributed by atoms with E-state index in [4.69, 9.17) is 5.26 Å². The number of hydrogen-bond donors (Lipinski definition) is 1. The van der Waals surface area contributed by atoms with Gasteiger partial charge in [0.25, 0.3) is 0 Å². The molecule has 17 heavy (non-hydrogen) atoms. The molecule has 4 heteroatoms. The van der Waals surface area contributed by atoms with Gasteiger partial charge in [0.1, 0.15) is 5.82 Å². The second kappa shape index (κ2) is 6.33. The Kier molecular flexibility index (Phi) is 5.08. The lowest BCUT2D eigenvalue weighted by Crippen LogP contribution is -2.25. The average Bonchev–Trinajstić information content (AvgIpc) is 2.26. The number of benzene rings is 1. The molecule has 1 N–H and O–H groups in total. The molecule has 0 amide bonds. The van der Waals surface area contributed by atoms with Gasteiger partial charge in [-0.1, -0.05) is 6.07 Å². The second-order valence-electron chi connectivity index (χ2n) is 4.19. The number of rotatable bonds is 5. The Bertz CT molecular complexity index is 414. The standard InChI is InChI=1S/C13H17FN2O/c1-10-8-11(14)4-5-12(10)13(17)9-16(2)7-3-6-15/h4-5,8,13,17H,3,7,9H2,1-2H3. The lowest BCUT2D eigenvalue weighted by molar-refractivity contribution is 0.127. The Balaban J connectivity index is 2.63. The van der Waals surface area contributed by atoms with Crippen molar-refractivity contribution < 1.29 is 9.50 Å². The van der Waals surface area contributed by atoms with Crippen molar-refractivity contribution in [2.24, 2.45) is 0 Å². The highest BCUT2D eigenvalue weighted by molar-refractivity contribution is 5.28. The fourth-order valence-corrected chi connectivity index (χ4v) is 1.74. The van der Waals surface area contributed by atoms with Crippen molar-refractivity contribution in [2.45, 2.75) is 19.4 Å². The molecular weight excluding hydrogens is 219 g/mol. The summed E-state index contributed by atoms with van der Waals surface area (Å²) >= 11 is 0. The Morgan fingerprint density at radius 3 is 2.82 bits per heavy atom. The molecule has 1 unspecified atom stereocenters. The van der Waals surface area contributed by atoms with Crippen LogP contribution in [0.3, 0.4) is 0 Å². The Morgan fingerprint density at radius 2 is 2.24 bits per heavy atom. The minimum absolute atomic E-state index is 0.295. The predicted octanol–water partition coefficient (Wildman–Crippen LogP) is 2.01. The van der Waals surface area contributed by atoms with Gasteiger partial charge in [0, 0.05) is 19.5 Å². The van der Waals surface area contributed by atoms with Crippen LogP contribution in [0, 0.1) is 24.1 Å². The largest absolute Gasteiger partial charge is 0.387 e. The van der Waals surface area contributed by atoms with Crippen LogP contribution in [0.5, 0.6) is 0 Å². The van der Waals surface area contributed by atoms with Crippen LogP contribution in [0.2, 0.25) is 0 Å². The van der Waals surface area contributed by atoms with Gasteiger partial charge in [0.05, 0.1) is 12.2 Å². The summed E-state index contributed by atoms with van der Waals surface area (Å²) in [5.74, 6) is -0.295. The van der Waals surface area contributed by atoms with Crippen LogP contribution in [-0.2, 0) is 0 Å². The molecule has 0 radical (unpaired) electrons. The Labute approximate surface area is 101 Å². The molecule has 0 spiro atoms. The highest BCUT2D eigenvalue weighted by Crippen LogP contribution is 2.19. The van der Waals surface area contributed by atoms with Gasteiger partial charge in [0.2, 0.25) is 0 Å². The summed E-state index contributed by atoms with van der Waals surface area (Å²) in [6.45, 7) is 2.83. The van der Waals surface area contributed by atoms with Crippen LogP contribution in [0.25, 0.3) is 0 Å². The van der Waals surface area contributed by atoms with E-state index in [0.29, 0.717) is 19.5 Å². The van der Waals surface area contributed by atoms with E-state index in [2.05, 4.69) is 6.07 Å². The summed E-state index contributed by atoms with van der Waals surface area (Å²) in [4.78, 5) is 1.89. The number of aliphatic hydroxyl groups is 1. The normalized spacial score (nSPS) is 12.5. The van der Waals surface area contributed by atoms with E-state index in [1.54, 1.807) is 13.0 Å². The zero-order valence-corrected chi connectivity index (χ0v) is 10.2. The van der Waals surface area contributed by atoms with E-state index in [-0.39, 0.29) is 5.82 Å². The fraction of sp³-hybridized carbons (Fsp3) is 0.462. The first-order valence-electron chi connectivity index (χ1n) is 5.54. The summed E-state index contributed by atoms with van der Waals surface area (Å²) in [6.07, 6.45) is -0.217. The topological polar surface area (TPSA) is 47.3 Å². The number of aliphatic hydroxyl groups excluding tert-OH is 1. The highest BCUT2D eigenvalue weighted by atomic mass is 19.1. The first-order chi connectivity index (χ1) is 8.04. The van der Waals surface area contributed by atoms with Crippen molar-refractivity contribution in [1.29, 1.82) is 5.26 Å². The summed E-state index contributed by atoms with van der Waals surface area (Å²) in [6, 6.07) is 6.42. The first kappa shape index (κ1) is 13.6. The second-order valence-corrected chi connectivity index (χ2v) is 4.19. The van der Waals surface area contributed by atoms with Crippen LogP contribution in [0.1, 0.15) is 23.7 Å². The van der Waals surface area contributed by atoms with Crippen LogP contribution >= 0.6 is 0 Å². The summed E-state index contributed by atoms with van der Waals surface area (Å²) in [7, 11) is 1.85. The van der Waals surface area contributed by atoms with Crippen LogP contribution < -0.4 is 0 Å². The Morgan fingerprint density at radius 1 is 1.53 bits per heavy atom. The van der Waals surface area contributed by atoms with Gasteiger partial charge in [-0.15, -0.1) is 0 Å². The van der Waals surface area contributed by atoms with Crippen molar-refractivity contribution in [3.63, 3.8) is 0 Å². The minimum Gasteiger partial charge on any atom is -0.387 e. The zero-order chi connectivity index (χ0) is 12.8. The quantitative estimate of drug-likeness (QED) is 0.850. The van der Waals surface area contributed by atoms with Crippen molar-refractivity contribution in [3.05, 3.63) is 35.1 Å². The van der Waals surface area contributed by atoms with Gasteiger partial charge >= 0.3 is 0 Å². The lowest BCUT2D eigenvalue weighted by Gasteiger charge is -2.20. The third kappa shape index (κ3) is 4.14. The van der Waals surface area contributed by atoms with E-state index in [1.807, 2.05) is 11.9 Å². The molecule has 0 aromatic heterocycles. The molecule has 0 heterocycles. The molecule has 0 fully saturated rings. The van der Waals surface area contributed by atoms with Crippen molar-refractivity contribution in [2.75, 3.05) is 20.1 Å². The van der Waals surface area contributed by atoms with Gasteiger partial charge in [-0.05, 0) is 37.2 Å². The fourth-order valence-electron chi connectivity index (χ4n) is 1.74. The number of nitriles is 1. The lowest BCUT2D eigenvalue weighted by atomic mass is 10.0. The predicted molar refractivity (Wildman–Crippen MR) is 63.8 cm³/mol. The molecule has 0 aliphatic rings. The molecule has 1 rings (SSSR count). The van der Waals surface area contributed by atoms with E-state index in [0.717, 1.165) is 11.1 Å². The van der Waals surface area contributed by atoms with Crippen LogP contribution in [-0.4, -0.2) is 30.1 Å². The third-order valence-corrected chi connectivity index (χ3v) is 2.68. The maximum Gasteiger partial charge on any atom is 0.123 e. The summed E-state index contributed by atoms with van der Waals surface area (Å²) in [5, 5.41) is 18.5. The van der Waals surface area contributed by atoms with Crippen molar-refractivity contribution in [1.82, 2.24) is 4.90 Å². The van der Waals surface area contributed by atoms with Crippen molar-refractivity contribution >= 4 is 0 Å². The van der Waals surface area contributed by atoms with Gasteiger partial charge < -0.3 is 10.0 Å². The molecule has 0 bridgehead atoms. The van der Waals surface area contributed by atoms with E-state index in [9.17, 15) is 9.50 Å². The third-order valence-electron chi connectivity index (χ3n) is 2.68. The highest BCUT2D eigenvalue weighted by Gasteiger charge is 2.13. The first-order valence-corrected chi connectivity index (χ1v) is 5.54. The van der Waals surface area contributed by atoms with Crippen LogP contribution in [0.4, 0.5) is 4.39 Å². The number of likely N-dealkylation sites (N-methyl/N-ethyl adjacent to an activating group) is 1. The summed E-state index contributed by atoms with van der Waals surface area (Å²) in [5.41, 5.74) is 1.47. The van der Waals surface area contributed by atoms with Gasteiger partial charge in [0.15, 0.2) is 0 Å².